The van der Waals surface area contributed by atoms with Gasteiger partial charge in [0.2, 0.25) is 5.91 Å². The van der Waals surface area contributed by atoms with Crippen LogP contribution in [0.3, 0.4) is 0 Å². The molecule has 1 heterocycles. The van der Waals surface area contributed by atoms with Crippen molar-refractivity contribution >= 4 is 11.6 Å². The number of aryl methyl sites for hydroxylation is 1. The third-order valence-corrected chi connectivity index (χ3v) is 5.30. The molecule has 4 nitrogen and oxygen atoms in total. The average molecular weight is 366 g/mol. The summed E-state index contributed by atoms with van der Waals surface area (Å²) in [5, 5.41) is 0. The number of carbonyl (C=O) groups is 1. The summed E-state index contributed by atoms with van der Waals surface area (Å²) in [5.41, 5.74) is 3.79. The third-order valence-electron chi connectivity index (χ3n) is 5.30. The molecular formula is C23H31N3O. The van der Waals surface area contributed by atoms with Gasteiger partial charge in [-0.15, -0.1) is 0 Å². The van der Waals surface area contributed by atoms with Gasteiger partial charge < -0.3 is 9.80 Å². The molecule has 0 spiro atoms. The fourth-order valence-corrected chi connectivity index (χ4v) is 3.55. The minimum Gasteiger partial charge on any atom is -0.368 e. The summed E-state index contributed by atoms with van der Waals surface area (Å²) >= 11 is 0. The van der Waals surface area contributed by atoms with E-state index in [4.69, 9.17) is 0 Å². The lowest BCUT2D eigenvalue weighted by Crippen LogP contribution is -2.51. The van der Waals surface area contributed by atoms with E-state index < -0.39 is 0 Å². The topological polar surface area (TPSA) is 26.8 Å². The van der Waals surface area contributed by atoms with Crippen LogP contribution in [0.5, 0.6) is 0 Å². The van der Waals surface area contributed by atoms with Gasteiger partial charge in [0.1, 0.15) is 0 Å². The SMILES string of the molecule is Cc1cccc(N2CCN(C(=O)CN(Cc3ccccc3)C(C)C)CC2)c1. The summed E-state index contributed by atoms with van der Waals surface area (Å²) in [5.74, 6) is 0.239. The van der Waals surface area contributed by atoms with Gasteiger partial charge in [-0.05, 0) is 44.0 Å². The summed E-state index contributed by atoms with van der Waals surface area (Å²) < 4.78 is 0. The van der Waals surface area contributed by atoms with E-state index in [9.17, 15) is 4.79 Å². The summed E-state index contributed by atoms with van der Waals surface area (Å²) in [4.78, 5) is 19.5. The highest BCUT2D eigenvalue weighted by Crippen LogP contribution is 2.18. The highest BCUT2D eigenvalue weighted by Gasteiger charge is 2.24. The van der Waals surface area contributed by atoms with Crippen molar-refractivity contribution in [1.82, 2.24) is 9.80 Å². The molecule has 0 radical (unpaired) electrons. The molecule has 0 saturated carbocycles. The standard InChI is InChI=1S/C23H31N3O/c1-19(2)26(17-21-9-5-4-6-10-21)18-23(27)25-14-12-24(13-15-25)22-11-7-8-20(3)16-22/h4-11,16,19H,12-15,17-18H2,1-3H3. The Hall–Kier alpha value is -2.33. The molecule has 144 valence electrons. The first-order valence-electron chi connectivity index (χ1n) is 9.90. The monoisotopic (exact) mass is 365 g/mol. The number of anilines is 1. The second kappa shape index (κ2) is 9.05. The van der Waals surface area contributed by atoms with Crippen LogP contribution in [0.1, 0.15) is 25.0 Å². The molecular weight excluding hydrogens is 334 g/mol. The van der Waals surface area contributed by atoms with Gasteiger partial charge in [-0.3, -0.25) is 9.69 Å². The van der Waals surface area contributed by atoms with Crippen LogP contribution in [0.2, 0.25) is 0 Å². The second-order valence-corrected chi connectivity index (χ2v) is 7.69. The van der Waals surface area contributed by atoms with Crippen LogP contribution >= 0.6 is 0 Å². The Morgan fingerprint density at radius 1 is 1.00 bits per heavy atom. The molecule has 0 unspecified atom stereocenters. The van der Waals surface area contributed by atoms with E-state index in [1.165, 1.54) is 16.8 Å². The molecule has 2 aromatic rings. The predicted molar refractivity (Wildman–Crippen MR) is 112 cm³/mol. The Morgan fingerprint density at radius 3 is 2.33 bits per heavy atom. The smallest absolute Gasteiger partial charge is 0.236 e. The molecule has 1 amide bonds. The van der Waals surface area contributed by atoms with E-state index in [1.54, 1.807) is 0 Å². The number of hydrogen-bond donors (Lipinski definition) is 0. The zero-order valence-corrected chi connectivity index (χ0v) is 16.8. The lowest BCUT2D eigenvalue weighted by atomic mass is 10.1. The molecule has 1 saturated heterocycles. The van der Waals surface area contributed by atoms with Gasteiger partial charge in [0.05, 0.1) is 6.54 Å². The Labute approximate surface area is 163 Å². The maximum atomic E-state index is 12.9. The highest BCUT2D eigenvalue weighted by molar-refractivity contribution is 5.78. The van der Waals surface area contributed by atoms with E-state index >= 15 is 0 Å². The third kappa shape index (κ3) is 5.33. The summed E-state index contributed by atoms with van der Waals surface area (Å²) in [6.07, 6.45) is 0. The predicted octanol–water partition coefficient (Wildman–Crippen LogP) is 3.55. The lowest BCUT2D eigenvalue weighted by Gasteiger charge is -2.37. The Kier molecular flexibility index (Phi) is 6.51. The van der Waals surface area contributed by atoms with Crippen molar-refractivity contribution in [1.29, 1.82) is 0 Å². The van der Waals surface area contributed by atoms with E-state index in [2.05, 4.69) is 79.1 Å². The number of rotatable bonds is 6. The molecule has 1 aliphatic heterocycles. The van der Waals surface area contributed by atoms with Crippen molar-refractivity contribution in [3.05, 3.63) is 65.7 Å². The number of nitrogens with zero attached hydrogens (tertiary/aromatic N) is 3. The van der Waals surface area contributed by atoms with Gasteiger partial charge in [0, 0.05) is 44.5 Å². The van der Waals surface area contributed by atoms with Crippen molar-refractivity contribution in [2.24, 2.45) is 0 Å². The Morgan fingerprint density at radius 2 is 1.70 bits per heavy atom. The summed E-state index contributed by atoms with van der Waals surface area (Å²) in [6.45, 7) is 11.1. The first-order valence-corrected chi connectivity index (χ1v) is 9.90. The molecule has 0 N–H and O–H groups in total. The van der Waals surface area contributed by atoms with E-state index in [1.807, 2.05) is 11.0 Å². The van der Waals surface area contributed by atoms with Crippen LogP contribution < -0.4 is 4.90 Å². The molecule has 4 heteroatoms. The van der Waals surface area contributed by atoms with Gasteiger partial charge in [-0.25, -0.2) is 0 Å². The fraction of sp³-hybridized carbons (Fsp3) is 0.435. The maximum Gasteiger partial charge on any atom is 0.236 e. The zero-order valence-electron chi connectivity index (χ0n) is 16.8. The number of hydrogen-bond acceptors (Lipinski definition) is 3. The summed E-state index contributed by atoms with van der Waals surface area (Å²) in [7, 11) is 0. The van der Waals surface area contributed by atoms with E-state index in [-0.39, 0.29) is 5.91 Å². The number of piperazine rings is 1. The van der Waals surface area contributed by atoms with Crippen LogP contribution in [0.15, 0.2) is 54.6 Å². The van der Waals surface area contributed by atoms with Crippen LogP contribution in [-0.2, 0) is 11.3 Å². The zero-order chi connectivity index (χ0) is 19.2. The molecule has 0 aromatic heterocycles. The lowest BCUT2D eigenvalue weighted by molar-refractivity contribution is -0.133. The van der Waals surface area contributed by atoms with E-state index in [0.29, 0.717) is 12.6 Å². The summed E-state index contributed by atoms with van der Waals surface area (Å²) in [6, 6.07) is 19.3. The molecule has 0 atom stereocenters. The maximum absolute atomic E-state index is 12.9. The van der Waals surface area contributed by atoms with Gasteiger partial charge >= 0.3 is 0 Å². The van der Waals surface area contributed by atoms with Crippen molar-refractivity contribution in [3.63, 3.8) is 0 Å². The molecule has 0 aliphatic carbocycles. The van der Waals surface area contributed by atoms with E-state index in [0.717, 1.165) is 32.7 Å². The van der Waals surface area contributed by atoms with Crippen LogP contribution in [0, 0.1) is 6.92 Å². The number of benzene rings is 2. The van der Waals surface area contributed by atoms with Gasteiger partial charge in [0.25, 0.3) is 0 Å². The van der Waals surface area contributed by atoms with Gasteiger partial charge in [-0.1, -0.05) is 42.5 Å². The normalized spacial score (nSPS) is 14.9. The molecule has 3 rings (SSSR count). The van der Waals surface area contributed by atoms with Crippen molar-refractivity contribution in [3.8, 4) is 0 Å². The largest absolute Gasteiger partial charge is 0.368 e. The van der Waals surface area contributed by atoms with Crippen molar-refractivity contribution < 1.29 is 4.79 Å². The first kappa shape index (κ1) is 19.4. The number of amides is 1. The van der Waals surface area contributed by atoms with Crippen LogP contribution in [0.4, 0.5) is 5.69 Å². The Bertz CT molecular complexity index is 736. The average Bonchev–Trinajstić information content (AvgIpc) is 2.68. The highest BCUT2D eigenvalue weighted by atomic mass is 16.2. The number of carbonyl (C=O) groups excluding carboxylic acids is 1. The van der Waals surface area contributed by atoms with Crippen LogP contribution in [-0.4, -0.2) is 54.5 Å². The molecule has 27 heavy (non-hydrogen) atoms. The van der Waals surface area contributed by atoms with Gasteiger partial charge in [0.15, 0.2) is 0 Å². The van der Waals surface area contributed by atoms with Crippen molar-refractivity contribution in [2.75, 3.05) is 37.6 Å². The molecule has 1 aliphatic rings. The minimum atomic E-state index is 0.239. The quantitative estimate of drug-likeness (QED) is 0.783. The first-order chi connectivity index (χ1) is 13.0. The minimum absolute atomic E-state index is 0.239. The second-order valence-electron chi connectivity index (χ2n) is 7.69. The Balaban J connectivity index is 1.55. The molecule has 0 bridgehead atoms. The van der Waals surface area contributed by atoms with Crippen molar-refractivity contribution in [2.45, 2.75) is 33.4 Å². The fourth-order valence-electron chi connectivity index (χ4n) is 3.55. The van der Waals surface area contributed by atoms with Crippen LogP contribution in [0.25, 0.3) is 0 Å². The molecule has 2 aromatic carbocycles. The molecule has 1 fully saturated rings. The van der Waals surface area contributed by atoms with Gasteiger partial charge in [-0.2, -0.15) is 0 Å².